The van der Waals surface area contributed by atoms with Crippen molar-refractivity contribution in [3.8, 4) is 0 Å². The van der Waals surface area contributed by atoms with Gasteiger partial charge in [-0.25, -0.2) is 4.98 Å². The summed E-state index contributed by atoms with van der Waals surface area (Å²) in [7, 11) is 4.10. The SMILES string of the molecule is CN1CCN(C(=O)COC2CCCCC2)C[C@@H]1c1nccn1C. The van der Waals surface area contributed by atoms with E-state index in [1.165, 1.54) is 19.3 Å². The van der Waals surface area contributed by atoms with Crippen molar-refractivity contribution in [2.75, 3.05) is 33.3 Å². The second-order valence-corrected chi connectivity index (χ2v) is 6.80. The molecule has 0 unspecified atom stereocenters. The summed E-state index contributed by atoms with van der Waals surface area (Å²) < 4.78 is 7.88. The lowest BCUT2D eigenvalue weighted by molar-refractivity contribution is -0.141. The molecule has 6 heteroatoms. The summed E-state index contributed by atoms with van der Waals surface area (Å²) in [5.41, 5.74) is 0. The van der Waals surface area contributed by atoms with Crippen molar-refractivity contribution >= 4 is 5.91 Å². The summed E-state index contributed by atoms with van der Waals surface area (Å²) in [4.78, 5) is 21.2. The first-order chi connectivity index (χ1) is 11.1. The zero-order valence-electron chi connectivity index (χ0n) is 14.3. The Morgan fingerprint density at radius 3 is 2.74 bits per heavy atom. The van der Waals surface area contributed by atoms with Gasteiger partial charge in [0, 0.05) is 39.1 Å². The Labute approximate surface area is 138 Å². The maximum absolute atomic E-state index is 12.5. The number of likely N-dealkylation sites (N-methyl/N-ethyl adjacent to an activating group) is 1. The fourth-order valence-corrected chi connectivity index (χ4v) is 3.59. The molecule has 0 aromatic carbocycles. The number of ether oxygens (including phenoxy) is 1. The van der Waals surface area contributed by atoms with E-state index in [1.54, 1.807) is 0 Å². The van der Waals surface area contributed by atoms with Crippen LogP contribution in [0.2, 0.25) is 0 Å². The summed E-state index contributed by atoms with van der Waals surface area (Å²) in [6.07, 6.45) is 10.0. The quantitative estimate of drug-likeness (QED) is 0.845. The first-order valence-electron chi connectivity index (χ1n) is 8.72. The van der Waals surface area contributed by atoms with Crippen LogP contribution in [-0.2, 0) is 16.6 Å². The monoisotopic (exact) mass is 320 g/mol. The van der Waals surface area contributed by atoms with Gasteiger partial charge in [0.25, 0.3) is 0 Å². The second kappa shape index (κ2) is 7.45. The predicted molar refractivity (Wildman–Crippen MR) is 88.0 cm³/mol. The number of aryl methyl sites for hydroxylation is 1. The largest absolute Gasteiger partial charge is 0.368 e. The van der Waals surface area contributed by atoms with Gasteiger partial charge >= 0.3 is 0 Å². The lowest BCUT2D eigenvalue weighted by Gasteiger charge is -2.39. The molecular weight excluding hydrogens is 292 g/mol. The van der Waals surface area contributed by atoms with Crippen molar-refractivity contribution in [3.63, 3.8) is 0 Å². The third kappa shape index (κ3) is 3.93. The molecule has 1 atom stereocenters. The lowest BCUT2D eigenvalue weighted by Crippen LogP contribution is -2.50. The van der Waals surface area contributed by atoms with E-state index in [2.05, 4.69) is 16.9 Å². The van der Waals surface area contributed by atoms with Gasteiger partial charge in [0.15, 0.2) is 0 Å². The number of nitrogens with zero attached hydrogens (tertiary/aromatic N) is 4. The minimum absolute atomic E-state index is 0.114. The van der Waals surface area contributed by atoms with Gasteiger partial charge in [-0.1, -0.05) is 19.3 Å². The van der Waals surface area contributed by atoms with Crippen molar-refractivity contribution in [2.45, 2.75) is 44.2 Å². The van der Waals surface area contributed by atoms with Gasteiger partial charge < -0.3 is 14.2 Å². The minimum atomic E-state index is 0.114. The first-order valence-corrected chi connectivity index (χ1v) is 8.72. The lowest BCUT2D eigenvalue weighted by atomic mass is 9.98. The van der Waals surface area contributed by atoms with Crippen molar-refractivity contribution in [3.05, 3.63) is 18.2 Å². The Kier molecular flexibility index (Phi) is 5.33. The molecule has 2 fully saturated rings. The van der Waals surface area contributed by atoms with E-state index in [0.717, 1.165) is 31.8 Å². The average molecular weight is 320 g/mol. The zero-order valence-corrected chi connectivity index (χ0v) is 14.3. The highest BCUT2D eigenvalue weighted by atomic mass is 16.5. The smallest absolute Gasteiger partial charge is 0.248 e. The van der Waals surface area contributed by atoms with E-state index in [0.29, 0.717) is 6.54 Å². The van der Waals surface area contributed by atoms with Crippen molar-refractivity contribution in [1.82, 2.24) is 19.4 Å². The Bertz CT molecular complexity index is 524. The molecule has 1 aromatic rings. The number of hydrogen-bond acceptors (Lipinski definition) is 4. The fourth-order valence-electron chi connectivity index (χ4n) is 3.59. The molecule has 6 nitrogen and oxygen atoms in total. The molecule has 128 valence electrons. The van der Waals surface area contributed by atoms with Crippen LogP contribution in [-0.4, -0.2) is 64.7 Å². The molecule has 1 aromatic heterocycles. The second-order valence-electron chi connectivity index (χ2n) is 6.80. The van der Waals surface area contributed by atoms with Crippen LogP contribution < -0.4 is 0 Å². The molecule has 0 bridgehead atoms. The van der Waals surface area contributed by atoms with Gasteiger partial charge in [-0.3, -0.25) is 9.69 Å². The molecule has 1 aliphatic heterocycles. The molecule has 1 amide bonds. The molecule has 2 heterocycles. The van der Waals surface area contributed by atoms with Crippen LogP contribution in [0.3, 0.4) is 0 Å². The number of aromatic nitrogens is 2. The van der Waals surface area contributed by atoms with Crippen LogP contribution in [0.1, 0.15) is 44.0 Å². The van der Waals surface area contributed by atoms with E-state index in [9.17, 15) is 4.79 Å². The molecule has 23 heavy (non-hydrogen) atoms. The molecule has 0 radical (unpaired) electrons. The average Bonchev–Trinajstić information content (AvgIpc) is 3.00. The zero-order chi connectivity index (χ0) is 16.2. The topological polar surface area (TPSA) is 50.6 Å². The molecule has 0 N–H and O–H groups in total. The van der Waals surface area contributed by atoms with E-state index < -0.39 is 0 Å². The standard InChI is InChI=1S/C17H28N4O2/c1-19-10-11-21(12-15(19)17-18-8-9-20(17)2)16(22)13-23-14-6-4-3-5-7-14/h8-9,14-15H,3-7,10-13H2,1-2H3/t15-/m1/s1. The molecule has 3 rings (SSSR count). The fraction of sp³-hybridized carbons (Fsp3) is 0.765. The molecule has 0 spiro atoms. The van der Waals surface area contributed by atoms with E-state index >= 15 is 0 Å². The minimum Gasteiger partial charge on any atom is -0.368 e. The highest BCUT2D eigenvalue weighted by molar-refractivity contribution is 5.77. The van der Waals surface area contributed by atoms with Gasteiger partial charge in [-0.2, -0.15) is 0 Å². The molecule has 1 saturated carbocycles. The van der Waals surface area contributed by atoms with Crippen LogP contribution in [0.5, 0.6) is 0 Å². The van der Waals surface area contributed by atoms with Crippen LogP contribution >= 0.6 is 0 Å². The van der Waals surface area contributed by atoms with Crippen LogP contribution in [0.4, 0.5) is 0 Å². The maximum Gasteiger partial charge on any atom is 0.248 e. The summed E-state index contributed by atoms with van der Waals surface area (Å²) in [5, 5.41) is 0. The van der Waals surface area contributed by atoms with Gasteiger partial charge in [-0.05, 0) is 19.9 Å². The number of imidazole rings is 1. The molecular formula is C17H28N4O2. The highest BCUT2D eigenvalue weighted by Crippen LogP contribution is 2.23. The molecule has 1 saturated heterocycles. The normalized spacial score (nSPS) is 24.1. The number of carbonyl (C=O) groups is 1. The van der Waals surface area contributed by atoms with Gasteiger partial charge in [0.1, 0.15) is 12.4 Å². The number of hydrogen-bond donors (Lipinski definition) is 0. The number of rotatable bonds is 4. The Morgan fingerprint density at radius 2 is 2.04 bits per heavy atom. The Morgan fingerprint density at radius 1 is 1.26 bits per heavy atom. The van der Waals surface area contributed by atoms with Crippen LogP contribution in [0, 0.1) is 0 Å². The van der Waals surface area contributed by atoms with E-state index in [4.69, 9.17) is 4.74 Å². The van der Waals surface area contributed by atoms with Crippen molar-refractivity contribution in [1.29, 1.82) is 0 Å². The van der Waals surface area contributed by atoms with Gasteiger partial charge in [0.05, 0.1) is 12.1 Å². The van der Waals surface area contributed by atoms with Gasteiger partial charge in [0.2, 0.25) is 5.91 Å². The van der Waals surface area contributed by atoms with E-state index in [1.807, 2.05) is 28.9 Å². The predicted octanol–water partition coefficient (Wildman–Crippen LogP) is 1.58. The van der Waals surface area contributed by atoms with Crippen molar-refractivity contribution < 1.29 is 9.53 Å². The van der Waals surface area contributed by atoms with E-state index in [-0.39, 0.29) is 24.7 Å². The first kappa shape index (κ1) is 16.5. The summed E-state index contributed by atoms with van der Waals surface area (Å²) in [5.74, 6) is 1.13. The van der Waals surface area contributed by atoms with Gasteiger partial charge in [-0.15, -0.1) is 0 Å². The third-order valence-corrected chi connectivity index (χ3v) is 5.15. The number of amides is 1. The molecule has 1 aliphatic carbocycles. The summed E-state index contributed by atoms with van der Waals surface area (Å²) in [6, 6.07) is 0.155. The van der Waals surface area contributed by atoms with Crippen LogP contribution in [0.15, 0.2) is 12.4 Å². The Hall–Kier alpha value is -1.40. The third-order valence-electron chi connectivity index (χ3n) is 5.15. The summed E-state index contributed by atoms with van der Waals surface area (Å²) in [6.45, 7) is 2.55. The van der Waals surface area contributed by atoms with Crippen molar-refractivity contribution in [2.24, 2.45) is 7.05 Å². The maximum atomic E-state index is 12.5. The molecule has 2 aliphatic rings. The summed E-state index contributed by atoms with van der Waals surface area (Å²) >= 11 is 0. The number of piperazine rings is 1. The number of carbonyl (C=O) groups excluding carboxylic acids is 1. The highest BCUT2D eigenvalue weighted by Gasteiger charge is 2.31. The van der Waals surface area contributed by atoms with Crippen LogP contribution in [0.25, 0.3) is 0 Å². The Balaban J connectivity index is 1.55.